The molecule has 0 heterocycles. The highest BCUT2D eigenvalue weighted by Crippen LogP contribution is 2.30. The Morgan fingerprint density at radius 2 is 1.79 bits per heavy atom. The zero-order valence-electron chi connectivity index (χ0n) is 14.3. The maximum absolute atomic E-state index is 12.6. The number of aliphatic hydroxyl groups is 1. The summed E-state index contributed by atoms with van der Waals surface area (Å²) in [6, 6.07) is 16.5. The van der Waals surface area contributed by atoms with Gasteiger partial charge in [0.15, 0.2) is 0 Å². The van der Waals surface area contributed by atoms with E-state index in [-0.39, 0.29) is 24.7 Å². The molecular formula is C19H24N2O3. The minimum Gasteiger partial charge on any atom is -0.496 e. The van der Waals surface area contributed by atoms with Gasteiger partial charge in [0.2, 0.25) is 0 Å². The summed E-state index contributed by atoms with van der Waals surface area (Å²) in [5.74, 6) is 0.713. The number of nitrogens with one attached hydrogen (secondary N) is 1. The highest BCUT2D eigenvalue weighted by Gasteiger charge is 2.23. The summed E-state index contributed by atoms with van der Waals surface area (Å²) in [7, 11) is 3.28. The highest BCUT2D eigenvalue weighted by atomic mass is 16.5. The van der Waals surface area contributed by atoms with Gasteiger partial charge in [-0.3, -0.25) is 0 Å². The van der Waals surface area contributed by atoms with E-state index in [1.807, 2.05) is 54.6 Å². The van der Waals surface area contributed by atoms with Crippen LogP contribution in [0.3, 0.4) is 0 Å². The molecule has 2 N–H and O–H groups in total. The van der Waals surface area contributed by atoms with Crippen LogP contribution in [0.1, 0.15) is 24.1 Å². The van der Waals surface area contributed by atoms with Crippen LogP contribution < -0.4 is 10.1 Å². The van der Waals surface area contributed by atoms with Crippen LogP contribution in [0.15, 0.2) is 54.6 Å². The summed E-state index contributed by atoms with van der Waals surface area (Å²) in [5.41, 5.74) is 1.84. The van der Waals surface area contributed by atoms with Crippen molar-refractivity contribution in [2.24, 2.45) is 0 Å². The predicted molar refractivity (Wildman–Crippen MR) is 94.1 cm³/mol. The summed E-state index contributed by atoms with van der Waals surface area (Å²) in [5, 5.41) is 12.3. The fourth-order valence-corrected chi connectivity index (χ4v) is 2.44. The lowest BCUT2D eigenvalue weighted by Crippen LogP contribution is -2.45. The van der Waals surface area contributed by atoms with Crippen molar-refractivity contribution in [2.45, 2.75) is 19.0 Å². The van der Waals surface area contributed by atoms with Gasteiger partial charge in [-0.05, 0) is 18.6 Å². The topological polar surface area (TPSA) is 61.8 Å². The van der Waals surface area contributed by atoms with E-state index in [2.05, 4.69) is 5.32 Å². The van der Waals surface area contributed by atoms with E-state index < -0.39 is 0 Å². The summed E-state index contributed by atoms with van der Waals surface area (Å²) in [6.07, 6.45) is 0. The van der Waals surface area contributed by atoms with Crippen LogP contribution in [0, 0.1) is 0 Å². The third-order valence-corrected chi connectivity index (χ3v) is 4.10. The maximum Gasteiger partial charge on any atom is 0.318 e. The molecule has 0 aliphatic heterocycles. The fourth-order valence-electron chi connectivity index (χ4n) is 2.44. The number of benzene rings is 2. The number of urea groups is 1. The average Bonchev–Trinajstić information content (AvgIpc) is 2.65. The first kappa shape index (κ1) is 17.8. The zero-order chi connectivity index (χ0) is 17.5. The highest BCUT2D eigenvalue weighted by molar-refractivity contribution is 5.75. The number of aliphatic hydroxyl groups excluding tert-OH is 1. The Morgan fingerprint density at radius 1 is 1.17 bits per heavy atom. The second-order valence-corrected chi connectivity index (χ2v) is 5.68. The molecule has 0 saturated carbocycles. The standard InChI is InChI=1S/C19H24N2O3/c1-14(13-22)21(2)19(23)20-18(15-9-5-4-6-10-15)16-11-7-8-12-17(16)24-3/h4-12,14,18,22H,13H2,1-3H3,(H,20,23). The van der Waals surface area contributed by atoms with Crippen molar-refractivity contribution in [3.8, 4) is 5.75 Å². The van der Waals surface area contributed by atoms with Crippen molar-refractivity contribution >= 4 is 6.03 Å². The third-order valence-electron chi connectivity index (χ3n) is 4.10. The lowest BCUT2D eigenvalue weighted by atomic mass is 9.98. The van der Waals surface area contributed by atoms with E-state index in [1.165, 1.54) is 4.90 Å². The number of hydrogen-bond donors (Lipinski definition) is 2. The normalized spacial score (nSPS) is 13.0. The molecule has 2 unspecified atom stereocenters. The predicted octanol–water partition coefficient (Wildman–Crippen LogP) is 2.81. The van der Waals surface area contributed by atoms with Crippen molar-refractivity contribution in [2.75, 3.05) is 20.8 Å². The molecule has 24 heavy (non-hydrogen) atoms. The van der Waals surface area contributed by atoms with Gasteiger partial charge in [0.05, 0.1) is 25.8 Å². The van der Waals surface area contributed by atoms with Gasteiger partial charge < -0.3 is 20.1 Å². The minimum atomic E-state index is -0.344. The van der Waals surface area contributed by atoms with Gasteiger partial charge in [0.1, 0.15) is 5.75 Å². The molecule has 2 atom stereocenters. The second-order valence-electron chi connectivity index (χ2n) is 5.68. The SMILES string of the molecule is COc1ccccc1C(NC(=O)N(C)C(C)CO)c1ccccc1. The third kappa shape index (κ3) is 4.06. The van der Waals surface area contributed by atoms with E-state index in [4.69, 9.17) is 4.74 Å². The van der Waals surface area contributed by atoms with E-state index in [0.29, 0.717) is 5.75 Å². The fraction of sp³-hybridized carbons (Fsp3) is 0.316. The second kappa shape index (κ2) is 8.36. The summed E-state index contributed by atoms with van der Waals surface area (Å²) in [4.78, 5) is 14.1. The van der Waals surface area contributed by atoms with Gasteiger partial charge >= 0.3 is 6.03 Å². The number of ether oxygens (including phenoxy) is 1. The van der Waals surface area contributed by atoms with E-state index >= 15 is 0 Å². The van der Waals surface area contributed by atoms with Crippen molar-refractivity contribution in [3.05, 3.63) is 65.7 Å². The number of para-hydroxylation sites is 1. The van der Waals surface area contributed by atoms with Crippen LogP contribution in [0.5, 0.6) is 5.75 Å². The number of nitrogens with zero attached hydrogens (tertiary/aromatic N) is 1. The first-order valence-corrected chi connectivity index (χ1v) is 7.90. The van der Waals surface area contributed by atoms with Gasteiger partial charge in [0.25, 0.3) is 0 Å². The molecule has 128 valence electrons. The summed E-state index contributed by atoms with van der Waals surface area (Å²) >= 11 is 0. The van der Waals surface area contributed by atoms with E-state index in [9.17, 15) is 9.90 Å². The van der Waals surface area contributed by atoms with E-state index in [0.717, 1.165) is 11.1 Å². The number of hydrogen-bond acceptors (Lipinski definition) is 3. The molecule has 5 nitrogen and oxygen atoms in total. The Bertz CT molecular complexity index is 661. The van der Waals surface area contributed by atoms with Crippen LogP contribution in [-0.4, -0.2) is 42.8 Å². The molecule has 0 spiro atoms. The van der Waals surface area contributed by atoms with Crippen LogP contribution in [0.4, 0.5) is 4.79 Å². The molecule has 0 aliphatic rings. The summed E-state index contributed by atoms with van der Waals surface area (Å²) in [6.45, 7) is 1.70. The van der Waals surface area contributed by atoms with Gasteiger partial charge in [-0.2, -0.15) is 0 Å². The van der Waals surface area contributed by atoms with Gasteiger partial charge in [-0.1, -0.05) is 48.5 Å². The number of amides is 2. The van der Waals surface area contributed by atoms with Crippen LogP contribution in [-0.2, 0) is 0 Å². The van der Waals surface area contributed by atoms with Crippen LogP contribution >= 0.6 is 0 Å². The van der Waals surface area contributed by atoms with Crippen molar-refractivity contribution in [1.82, 2.24) is 10.2 Å². The lowest BCUT2D eigenvalue weighted by Gasteiger charge is -2.28. The number of rotatable bonds is 6. The number of likely N-dealkylation sites (N-methyl/N-ethyl adjacent to an activating group) is 1. The lowest BCUT2D eigenvalue weighted by molar-refractivity contribution is 0.155. The molecule has 2 rings (SSSR count). The Balaban J connectivity index is 2.36. The largest absolute Gasteiger partial charge is 0.496 e. The molecule has 2 aromatic carbocycles. The van der Waals surface area contributed by atoms with Crippen molar-refractivity contribution in [1.29, 1.82) is 0 Å². The molecule has 0 saturated heterocycles. The van der Waals surface area contributed by atoms with Gasteiger partial charge in [-0.15, -0.1) is 0 Å². The minimum absolute atomic E-state index is 0.0887. The van der Waals surface area contributed by atoms with E-state index in [1.54, 1.807) is 21.1 Å². The molecule has 0 aromatic heterocycles. The molecule has 2 amide bonds. The molecule has 0 aliphatic carbocycles. The Morgan fingerprint density at radius 3 is 2.42 bits per heavy atom. The smallest absolute Gasteiger partial charge is 0.318 e. The van der Waals surface area contributed by atoms with Crippen LogP contribution in [0.2, 0.25) is 0 Å². The number of carbonyl (C=O) groups is 1. The Kier molecular flexibility index (Phi) is 6.21. The molecule has 5 heteroatoms. The molecular weight excluding hydrogens is 304 g/mol. The van der Waals surface area contributed by atoms with Crippen molar-refractivity contribution < 1.29 is 14.6 Å². The maximum atomic E-state index is 12.6. The monoisotopic (exact) mass is 328 g/mol. The molecule has 0 radical (unpaired) electrons. The molecule has 2 aromatic rings. The molecule has 0 bridgehead atoms. The number of methoxy groups -OCH3 is 1. The first-order valence-electron chi connectivity index (χ1n) is 7.90. The molecule has 0 fully saturated rings. The Hall–Kier alpha value is -2.53. The summed E-state index contributed by atoms with van der Waals surface area (Å²) < 4.78 is 5.45. The average molecular weight is 328 g/mol. The quantitative estimate of drug-likeness (QED) is 0.857. The first-order chi connectivity index (χ1) is 11.6. The van der Waals surface area contributed by atoms with Crippen molar-refractivity contribution in [3.63, 3.8) is 0 Å². The Labute approximate surface area is 142 Å². The van der Waals surface area contributed by atoms with Crippen LogP contribution in [0.25, 0.3) is 0 Å². The zero-order valence-corrected chi connectivity index (χ0v) is 14.3. The van der Waals surface area contributed by atoms with Gasteiger partial charge in [-0.25, -0.2) is 4.79 Å². The number of carbonyl (C=O) groups excluding carboxylic acids is 1. The van der Waals surface area contributed by atoms with Gasteiger partial charge in [0, 0.05) is 12.6 Å².